The van der Waals surface area contributed by atoms with E-state index < -0.39 is 11.7 Å². The van der Waals surface area contributed by atoms with Crippen LogP contribution in [0.2, 0.25) is 5.02 Å². The van der Waals surface area contributed by atoms with Gasteiger partial charge in [0.05, 0.1) is 5.56 Å². The minimum absolute atomic E-state index is 0.313. The number of fused-ring (bicyclic) bond motifs is 1. The highest BCUT2D eigenvalue weighted by molar-refractivity contribution is 6.31. The van der Waals surface area contributed by atoms with Crippen LogP contribution in [0.5, 0.6) is 0 Å². The summed E-state index contributed by atoms with van der Waals surface area (Å²) in [5.74, 6) is -0.313. The Morgan fingerprint density at radius 1 is 0.892 bits per heavy atom. The van der Waals surface area contributed by atoms with Gasteiger partial charge in [-0.1, -0.05) is 66.2 Å². The van der Waals surface area contributed by atoms with E-state index >= 15 is 0 Å². The Balaban J connectivity index is 1.30. The summed E-state index contributed by atoms with van der Waals surface area (Å²) in [7, 11) is 0. The van der Waals surface area contributed by atoms with Gasteiger partial charge in [0.2, 0.25) is 0 Å². The van der Waals surface area contributed by atoms with Crippen molar-refractivity contribution in [2.24, 2.45) is 0 Å². The molecule has 0 bridgehead atoms. The van der Waals surface area contributed by atoms with Crippen molar-refractivity contribution in [1.29, 1.82) is 0 Å². The molecule has 0 unspecified atom stereocenters. The Bertz CT molecular complexity index is 1430. The Kier molecular flexibility index (Phi) is 7.04. The van der Waals surface area contributed by atoms with Crippen LogP contribution in [-0.2, 0) is 25.7 Å². The van der Waals surface area contributed by atoms with Crippen molar-refractivity contribution in [3.8, 4) is 11.1 Å². The summed E-state index contributed by atoms with van der Waals surface area (Å²) in [6.45, 7) is 2.45. The summed E-state index contributed by atoms with van der Waals surface area (Å²) in [5, 5.41) is 3.73. The highest BCUT2D eigenvalue weighted by Gasteiger charge is 2.30. The highest BCUT2D eigenvalue weighted by Crippen LogP contribution is 2.32. The molecule has 1 amide bonds. The summed E-state index contributed by atoms with van der Waals surface area (Å²) in [6.07, 6.45) is -3.56. The van der Waals surface area contributed by atoms with Gasteiger partial charge in [0.15, 0.2) is 0 Å². The maximum atomic E-state index is 13.2. The first-order chi connectivity index (χ1) is 17.8. The number of nitrogens with zero attached hydrogens (tertiary/aromatic N) is 1. The van der Waals surface area contributed by atoms with Crippen LogP contribution in [0.4, 0.5) is 18.9 Å². The zero-order valence-electron chi connectivity index (χ0n) is 19.9. The van der Waals surface area contributed by atoms with E-state index in [0.717, 1.165) is 48.8 Å². The molecule has 4 aromatic carbocycles. The van der Waals surface area contributed by atoms with Gasteiger partial charge in [-0.15, -0.1) is 0 Å². The molecule has 0 aliphatic carbocycles. The van der Waals surface area contributed by atoms with E-state index in [2.05, 4.69) is 10.2 Å². The number of alkyl halides is 3. The molecule has 4 aromatic rings. The van der Waals surface area contributed by atoms with Crippen molar-refractivity contribution in [1.82, 2.24) is 4.90 Å². The average Bonchev–Trinajstić information content (AvgIpc) is 2.89. The van der Waals surface area contributed by atoms with Crippen LogP contribution < -0.4 is 5.32 Å². The van der Waals surface area contributed by atoms with Crippen LogP contribution in [0, 0.1) is 0 Å². The molecule has 188 valence electrons. The van der Waals surface area contributed by atoms with Crippen molar-refractivity contribution in [2.45, 2.75) is 25.7 Å². The second-order valence-electron chi connectivity index (χ2n) is 9.11. The lowest BCUT2D eigenvalue weighted by molar-refractivity contribution is -0.137. The first kappa shape index (κ1) is 25.1. The minimum Gasteiger partial charge on any atom is -0.322 e. The first-order valence-corrected chi connectivity index (χ1v) is 12.3. The van der Waals surface area contributed by atoms with Gasteiger partial charge >= 0.3 is 6.18 Å². The molecule has 3 nitrogen and oxygen atoms in total. The molecule has 7 heteroatoms. The third-order valence-corrected chi connectivity index (χ3v) is 6.97. The number of carbonyl (C=O) groups excluding carboxylic acids is 1. The van der Waals surface area contributed by atoms with Crippen LogP contribution in [0.1, 0.15) is 32.6 Å². The second-order valence-corrected chi connectivity index (χ2v) is 9.52. The molecule has 0 saturated carbocycles. The number of anilines is 1. The van der Waals surface area contributed by atoms with Gasteiger partial charge in [-0.05, 0) is 70.6 Å². The average molecular weight is 521 g/mol. The van der Waals surface area contributed by atoms with E-state index in [-0.39, 0.29) is 5.91 Å². The number of benzene rings is 4. The number of rotatable bonds is 5. The van der Waals surface area contributed by atoms with Crippen LogP contribution >= 0.6 is 11.6 Å². The third kappa shape index (κ3) is 5.71. The predicted octanol–water partition coefficient (Wildman–Crippen LogP) is 7.84. The fourth-order valence-electron chi connectivity index (χ4n) is 4.66. The summed E-state index contributed by atoms with van der Waals surface area (Å²) in [6, 6.07) is 25.5. The second kappa shape index (κ2) is 10.4. The zero-order valence-corrected chi connectivity index (χ0v) is 20.6. The van der Waals surface area contributed by atoms with Gasteiger partial charge in [0.25, 0.3) is 5.91 Å². The zero-order chi connectivity index (χ0) is 26.0. The van der Waals surface area contributed by atoms with Crippen molar-refractivity contribution >= 4 is 23.2 Å². The Morgan fingerprint density at radius 2 is 1.62 bits per heavy atom. The topological polar surface area (TPSA) is 32.3 Å². The maximum Gasteiger partial charge on any atom is 0.416 e. The lowest BCUT2D eigenvalue weighted by atomic mass is 9.97. The standard InChI is InChI=1S/C30H24ClF3N2O/c31-28-8-4-1-5-23(28)19-36-16-15-21-17-25(14-11-22(21)18-36)35-29(37)27-7-3-2-6-26(27)20-9-12-24(13-10-20)30(32,33)34/h1-14,17H,15-16,18-19H2,(H,35,37). The molecule has 1 aliphatic rings. The van der Waals surface area contributed by atoms with Gasteiger partial charge in [-0.2, -0.15) is 13.2 Å². The fourth-order valence-corrected chi connectivity index (χ4v) is 4.86. The van der Waals surface area contributed by atoms with E-state index in [0.29, 0.717) is 22.4 Å². The van der Waals surface area contributed by atoms with E-state index in [4.69, 9.17) is 11.6 Å². The summed E-state index contributed by atoms with van der Waals surface area (Å²) in [4.78, 5) is 15.5. The molecule has 0 spiro atoms. The number of halogens is 4. The fraction of sp³-hybridized carbons (Fsp3) is 0.167. The molecular weight excluding hydrogens is 497 g/mol. The van der Waals surface area contributed by atoms with Gasteiger partial charge < -0.3 is 5.32 Å². The van der Waals surface area contributed by atoms with Crippen molar-refractivity contribution < 1.29 is 18.0 Å². The largest absolute Gasteiger partial charge is 0.416 e. The number of hydrogen-bond acceptors (Lipinski definition) is 2. The van der Waals surface area contributed by atoms with Crippen molar-refractivity contribution in [3.05, 3.63) is 124 Å². The summed E-state index contributed by atoms with van der Waals surface area (Å²) in [5.41, 5.74) is 4.97. The Morgan fingerprint density at radius 3 is 2.38 bits per heavy atom. The molecule has 1 N–H and O–H groups in total. The maximum absolute atomic E-state index is 13.2. The lowest BCUT2D eigenvalue weighted by Crippen LogP contribution is -2.30. The minimum atomic E-state index is -4.41. The van der Waals surface area contributed by atoms with E-state index in [9.17, 15) is 18.0 Å². The van der Waals surface area contributed by atoms with Crippen LogP contribution in [0.3, 0.4) is 0 Å². The number of carbonyl (C=O) groups is 1. The first-order valence-electron chi connectivity index (χ1n) is 11.9. The number of nitrogens with one attached hydrogen (secondary N) is 1. The molecule has 37 heavy (non-hydrogen) atoms. The van der Waals surface area contributed by atoms with Crippen LogP contribution in [0.25, 0.3) is 11.1 Å². The predicted molar refractivity (Wildman–Crippen MR) is 141 cm³/mol. The van der Waals surface area contributed by atoms with E-state index in [1.165, 1.54) is 23.3 Å². The monoisotopic (exact) mass is 520 g/mol. The normalized spacial score (nSPS) is 13.7. The van der Waals surface area contributed by atoms with Gasteiger partial charge in [-0.25, -0.2) is 0 Å². The molecule has 0 atom stereocenters. The smallest absolute Gasteiger partial charge is 0.322 e. The van der Waals surface area contributed by atoms with Crippen molar-refractivity contribution in [2.75, 3.05) is 11.9 Å². The summed E-state index contributed by atoms with van der Waals surface area (Å²) < 4.78 is 38.9. The van der Waals surface area contributed by atoms with Gasteiger partial charge in [0.1, 0.15) is 0 Å². The molecule has 0 aromatic heterocycles. The quantitative estimate of drug-likeness (QED) is 0.291. The van der Waals surface area contributed by atoms with Gasteiger partial charge in [-0.3, -0.25) is 9.69 Å². The Hall–Kier alpha value is -3.61. The van der Waals surface area contributed by atoms with Crippen LogP contribution in [-0.4, -0.2) is 17.4 Å². The number of amides is 1. The molecule has 1 aliphatic heterocycles. The molecule has 5 rings (SSSR count). The van der Waals surface area contributed by atoms with E-state index in [1.54, 1.807) is 24.3 Å². The number of hydrogen-bond donors (Lipinski definition) is 1. The SMILES string of the molecule is O=C(Nc1ccc2c(c1)CCN(Cc1ccccc1Cl)C2)c1ccccc1-c1ccc(C(F)(F)F)cc1. The van der Waals surface area contributed by atoms with Gasteiger partial charge in [0, 0.05) is 35.9 Å². The molecule has 0 radical (unpaired) electrons. The summed E-state index contributed by atoms with van der Waals surface area (Å²) >= 11 is 6.33. The molecule has 0 saturated heterocycles. The third-order valence-electron chi connectivity index (χ3n) is 6.60. The molecule has 1 heterocycles. The molecule has 0 fully saturated rings. The van der Waals surface area contributed by atoms with E-state index in [1.807, 2.05) is 42.5 Å². The Labute approximate surface area is 218 Å². The molecular formula is C30H24ClF3N2O. The van der Waals surface area contributed by atoms with Crippen LogP contribution in [0.15, 0.2) is 91.0 Å². The highest BCUT2D eigenvalue weighted by atomic mass is 35.5. The van der Waals surface area contributed by atoms with Crippen molar-refractivity contribution in [3.63, 3.8) is 0 Å². The lowest BCUT2D eigenvalue weighted by Gasteiger charge is -2.29.